The first kappa shape index (κ1) is 21.0. The number of hydrogen-bond acceptors (Lipinski definition) is 5. The molecule has 2 N–H and O–H groups in total. The van der Waals surface area contributed by atoms with Gasteiger partial charge in [0.25, 0.3) is 0 Å². The average molecular weight is 384 g/mol. The first-order chi connectivity index (χ1) is 13.6. The molecule has 0 radical (unpaired) electrons. The summed E-state index contributed by atoms with van der Waals surface area (Å²) in [6.07, 6.45) is -0.452. The Morgan fingerprint density at radius 3 is 2.11 bits per heavy atom. The fraction of sp³-hybridized carbons (Fsp3) is 0.286. The number of benzene rings is 2. The molecule has 0 aliphatic heterocycles. The second kappa shape index (κ2) is 11.4. The molecule has 148 valence electrons. The summed E-state index contributed by atoms with van der Waals surface area (Å²) in [4.78, 5) is 36.1. The van der Waals surface area contributed by atoms with Gasteiger partial charge in [0.15, 0.2) is 0 Å². The van der Waals surface area contributed by atoms with Crippen molar-refractivity contribution in [1.29, 1.82) is 0 Å². The van der Waals surface area contributed by atoms with Gasteiger partial charge in [0.05, 0.1) is 6.61 Å². The zero-order valence-electron chi connectivity index (χ0n) is 15.7. The maximum absolute atomic E-state index is 12.5. The third kappa shape index (κ3) is 7.49. The van der Waals surface area contributed by atoms with E-state index in [0.29, 0.717) is 0 Å². The lowest BCUT2D eigenvalue weighted by molar-refractivity contribution is -0.143. The Bertz CT molecular complexity index is 765. The van der Waals surface area contributed by atoms with Crippen molar-refractivity contribution in [2.24, 2.45) is 0 Å². The molecule has 2 aromatic carbocycles. The molecule has 7 nitrogen and oxygen atoms in total. The minimum atomic E-state index is -0.889. The van der Waals surface area contributed by atoms with Crippen LogP contribution < -0.4 is 10.6 Å². The predicted octanol–water partition coefficient (Wildman–Crippen LogP) is 2.20. The normalized spacial score (nSPS) is 11.2. The third-order valence-corrected chi connectivity index (χ3v) is 3.82. The number of alkyl carbamates (subject to hydrolysis) is 1. The summed E-state index contributed by atoms with van der Waals surface area (Å²) in [5.74, 6) is -1.03. The molecule has 2 rings (SSSR count). The van der Waals surface area contributed by atoms with Gasteiger partial charge in [-0.1, -0.05) is 60.7 Å². The molecule has 0 bridgehead atoms. The van der Waals surface area contributed by atoms with Crippen LogP contribution >= 0.6 is 0 Å². The number of esters is 1. The van der Waals surface area contributed by atoms with E-state index >= 15 is 0 Å². The number of carbonyl (C=O) groups excluding carboxylic acids is 3. The van der Waals surface area contributed by atoms with Crippen molar-refractivity contribution in [2.45, 2.75) is 26.0 Å². The van der Waals surface area contributed by atoms with Crippen molar-refractivity contribution in [3.8, 4) is 0 Å². The maximum atomic E-state index is 12.5. The van der Waals surface area contributed by atoms with Crippen molar-refractivity contribution in [1.82, 2.24) is 10.6 Å². The van der Waals surface area contributed by atoms with Crippen LogP contribution in [0.3, 0.4) is 0 Å². The van der Waals surface area contributed by atoms with E-state index in [9.17, 15) is 14.4 Å². The van der Waals surface area contributed by atoms with Crippen LogP contribution in [0.1, 0.15) is 18.1 Å². The first-order valence-corrected chi connectivity index (χ1v) is 9.03. The summed E-state index contributed by atoms with van der Waals surface area (Å²) < 4.78 is 9.98. The fourth-order valence-electron chi connectivity index (χ4n) is 2.46. The Morgan fingerprint density at radius 1 is 0.893 bits per heavy atom. The van der Waals surface area contributed by atoms with E-state index in [1.165, 1.54) is 0 Å². The summed E-state index contributed by atoms with van der Waals surface area (Å²) in [6.45, 7) is 1.74. The second-order valence-electron chi connectivity index (χ2n) is 5.97. The van der Waals surface area contributed by atoms with Crippen LogP contribution in [0.15, 0.2) is 60.7 Å². The first-order valence-electron chi connectivity index (χ1n) is 9.03. The van der Waals surface area contributed by atoms with Crippen molar-refractivity contribution >= 4 is 18.0 Å². The monoisotopic (exact) mass is 384 g/mol. The topological polar surface area (TPSA) is 93.7 Å². The molecule has 2 aromatic rings. The summed E-state index contributed by atoms with van der Waals surface area (Å²) in [6, 6.07) is 17.6. The third-order valence-electron chi connectivity index (χ3n) is 3.82. The minimum Gasteiger partial charge on any atom is -0.465 e. The van der Waals surface area contributed by atoms with Gasteiger partial charge in [0.2, 0.25) is 5.91 Å². The van der Waals surface area contributed by atoms with E-state index in [4.69, 9.17) is 9.47 Å². The fourth-order valence-corrected chi connectivity index (χ4v) is 2.46. The molecular weight excluding hydrogens is 360 g/mol. The van der Waals surface area contributed by atoms with Gasteiger partial charge in [0, 0.05) is 6.42 Å². The zero-order chi connectivity index (χ0) is 20.2. The molecular formula is C21H24N2O5. The Hall–Kier alpha value is -3.35. The largest absolute Gasteiger partial charge is 0.465 e. The number of nitrogens with one attached hydrogen (secondary N) is 2. The molecule has 0 aliphatic rings. The van der Waals surface area contributed by atoms with Crippen LogP contribution in [0.25, 0.3) is 0 Å². The minimum absolute atomic E-state index is 0.0924. The number of carbonyl (C=O) groups is 3. The highest BCUT2D eigenvalue weighted by Crippen LogP contribution is 2.05. The summed E-state index contributed by atoms with van der Waals surface area (Å²) in [5.41, 5.74) is 1.70. The van der Waals surface area contributed by atoms with E-state index in [0.717, 1.165) is 11.1 Å². The van der Waals surface area contributed by atoms with Gasteiger partial charge in [-0.15, -0.1) is 0 Å². The summed E-state index contributed by atoms with van der Waals surface area (Å²) in [7, 11) is 0. The molecule has 0 aliphatic carbocycles. The van der Waals surface area contributed by atoms with Gasteiger partial charge >= 0.3 is 12.1 Å². The molecule has 0 aromatic heterocycles. The quantitative estimate of drug-likeness (QED) is 0.647. The van der Waals surface area contributed by atoms with E-state index in [1.807, 2.05) is 60.7 Å². The highest BCUT2D eigenvalue weighted by Gasteiger charge is 2.22. The van der Waals surface area contributed by atoms with Gasteiger partial charge in [-0.3, -0.25) is 9.59 Å². The Morgan fingerprint density at radius 2 is 1.50 bits per heavy atom. The lowest BCUT2D eigenvalue weighted by Crippen LogP contribution is -2.49. The summed E-state index contributed by atoms with van der Waals surface area (Å²) >= 11 is 0. The molecule has 7 heteroatoms. The molecule has 1 atom stereocenters. The Balaban J connectivity index is 1.95. The van der Waals surface area contributed by atoms with Crippen molar-refractivity contribution < 1.29 is 23.9 Å². The van der Waals surface area contributed by atoms with E-state index < -0.39 is 24.0 Å². The smallest absolute Gasteiger partial charge is 0.408 e. The van der Waals surface area contributed by atoms with E-state index in [-0.39, 0.29) is 26.2 Å². The number of rotatable bonds is 9. The van der Waals surface area contributed by atoms with Crippen LogP contribution in [0.4, 0.5) is 4.79 Å². The van der Waals surface area contributed by atoms with Gasteiger partial charge in [0.1, 0.15) is 19.2 Å². The van der Waals surface area contributed by atoms with Crippen molar-refractivity contribution in [2.75, 3.05) is 13.2 Å². The number of ether oxygens (including phenoxy) is 2. The predicted molar refractivity (Wildman–Crippen MR) is 103 cm³/mol. The van der Waals surface area contributed by atoms with E-state index in [2.05, 4.69) is 10.6 Å². The molecule has 0 saturated heterocycles. The maximum Gasteiger partial charge on any atom is 0.408 e. The highest BCUT2D eigenvalue weighted by molar-refractivity contribution is 5.88. The van der Waals surface area contributed by atoms with Gasteiger partial charge < -0.3 is 20.1 Å². The molecule has 0 saturated carbocycles. The van der Waals surface area contributed by atoms with E-state index in [1.54, 1.807) is 6.92 Å². The van der Waals surface area contributed by atoms with Crippen LogP contribution in [-0.4, -0.2) is 37.2 Å². The Labute approximate surface area is 164 Å². The van der Waals surface area contributed by atoms with Crippen LogP contribution in [-0.2, 0) is 32.1 Å². The zero-order valence-corrected chi connectivity index (χ0v) is 15.7. The number of hydrogen-bond donors (Lipinski definition) is 2. The van der Waals surface area contributed by atoms with Gasteiger partial charge in [-0.25, -0.2) is 4.79 Å². The molecule has 0 spiro atoms. The lowest BCUT2D eigenvalue weighted by atomic mass is 10.1. The molecule has 0 heterocycles. The molecule has 0 fully saturated rings. The molecule has 2 amide bonds. The Kier molecular flexibility index (Phi) is 8.52. The van der Waals surface area contributed by atoms with Gasteiger partial charge in [-0.2, -0.15) is 0 Å². The van der Waals surface area contributed by atoms with Gasteiger partial charge in [-0.05, 0) is 18.1 Å². The lowest BCUT2D eigenvalue weighted by Gasteiger charge is -2.18. The molecule has 28 heavy (non-hydrogen) atoms. The average Bonchev–Trinajstić information content (AvgIpc) is 2.72. The van der Waals surface area contributed by atoms with Crippen LogP contribution in [0, 0.1) is 0 Å². The van der Waals surface area contributed by atoms with Crippen LogP contribution in [0.2, 0.25) is 0 Å². The standard InChI is InChI=1S/C21H24N2O5/c1-2-27-19(24)14-22-20(25)18(13-16-9-5-3-6-10-16)23-21(26)28-15-17-11-7-4-8-12-17/h3-12,18H,2,13-15H2,1H3,(H,22,25)(H,23,26)/t18-/m1/s1. The summed E-state index contributed by atoms with van der Waals surface area (Å²) in [5, 5.41) is 5.05. The van der Waals surface area contributed by atoms with Crippen molar-refractivity contribution in [3.05, 3.63) is 71.8 Å². The SMILES string of the molecule is CCOC(=O)CNC(=O)[C@@H](Cc1ccccc1)NC(=O)OCc1ccccc1. The van der Waals surface area contributed by atoms with Crippen LogP contribution in [0.5, 0.6) is 0 Å². The molecule has 0 unspecified atom stereocenters. The number of amides is 2. The second-order valence-corrected chi connectivity index (χ2v) is 5.97. The van der Waals surface area contributed by atoms with Crippen molar-refractivity contribution in [3.63, 3.8) is 0 Å². The highest BCUT2D eigenvalue weighted by atomic mass is 16.5.